The van der Waals surface area contributed by atoms with Gasteiger partial charge in [-0.2, -0.15) is 0 Å². The molecule has 0 radical (unpaired) electrons. The minimum Gasteiger partial charge on any atom is -0.358 e. The fraction of sp³-hybridized carbons (Fsp3) is 0.550. The fourth-order valence-electron chi connectivity index (χ4n) is 4.42. The number of nitrogens with one attached hydrogen (secondary N) is 1. The largest absolute Gasteiger partial charge is 0.358 e. The molecule has 1 fully saturated rings. The van der Waals surface area contributed by atoms with Gasteiger partial charge >= 0.3 is 0 Å². The lowest BCUT2D eigenvalue weighted by Crippen LogP contribution is -2.41. The highest BCUT2D eigenvalue weighted by atomic mass is 32.2. The van der Waals surface area contributed by atoms with Crippen LogP contribution in [0, 0.1) is 0 Å². The second-order valence-electron chi connectivity index (χ2n) is 7.60. The van der Waals surface area contributed by atoms with Crippen LogP contribution in [0.1, 0.15) is 54.2 Å². The molecule has 1 N–H and O–H groups in total. The van der Waals surface area contributed by atoms with Crippen LogP contribution >= 0.6 is 0 Å². The summed E-state index contributed by atoms with van der Waals surface area (Å²) in [5.74, 6) is 0.248. The second-order valence-corrected chi connectivity index (χ2v) is 9.83. The summed E-state index contributed by atoms with van der Waals surface area (Å²) in [6.45, 7) is 2.62. The third-order valence-electron chi connectivity index (χ3n) is 5.72. The predicted molar refractivity (Wildman–Crippen MR) is 103 cm³/mol. The van der Waals surface area contributed by atoms with Crippen molar-refractivity contribution < 1.29 is 13.2 Å². The molecule has 1 aliphatic carbocycles. The smallest absolute Gasteiger partial charge is 0.254 e. The first-order chi connectivity index (χ1) is 12.5. The van der Waals surface area contributed by atoms with Crippen molar-refractivity contribution in [2.24, 2.45) is 0 Å². The summed E-state index contributed by atoms with van der Waals surface area (Å²) < 4.78 is 23.7. The van der Waals surface area contributed by atoms with E-state index in [1.54, 1.807) is 4.90 Å². The number of hydrogen-bond acceptors (Lipinski definition) is 3. The molecule has 1 aliphatic heterocycles. The van der Waals surface area contributed by atoms with Gasteiger partial charge in [0.15, 0.2) is 9.84 Å². The van der Waals surface area contributed by atoms with Crippen LogP contribution in [0.25, 0.3) is 10.9 Å². The number of fused-ring (bicyclic) bond motifs is 3. The van der Waals surface area contributed by atoms with Crippen molar-refractivity contribution in [2.45, 2.75) is 51.5 Å². The first-order valence-corrected chi connectivity index (χ1v) is 11.5. The molecule has 6 heteroatoms. The zero-order chi connectivity index (χ0) is 18.3. The van der Waals surface area contributed by atoms with E-state index in [-0.39, 0.29) is 23.5 Å². The van der Waals surface area contributed by atoms with Gasteiger partial charge in [0.2, 0.25) is 0 Å². The summed E-state index contributed by atoms with van der Waals surface area (Å²) in [5, 5.41) is 1.15. The summed E-state index contributed by atoms with van der Waals surface area (Å²) in [5.41, 5.74) is 4.43. The highest BCUT2D eigenvalue weighted by molar-refractivity contribution is 7.91. The Bertz CT molecular complexity index is 945. The maximum Gasteiger partial charge on any atom is 0.254 e. The molecular formula is C20H26N2O3S. The number of amides is 1. The number of sulfone groups is 1. The molecule has 2 heterocycles. The third-order valence-corrected chi connectivity index (χ3v) is 7.47. The number of carbonyl (C=O) groups excluding carboxylic acids is 1. The zero-order valence-corrected chi connectivity index (χ0v) is 16.1. The molecule has 0 spiro atoms. The van der Waals surface area contributed by atoms with Gasteiger partial charge in [-0.05, 0) is 62.3 Å². The maximum absolute atomic E-state index is 13.2. The van der Waals surface area contributed by atoms with Gasteiger partial charge in [0, 0.05) is 34.7 Å². The van der Waals surface area contributed by atoms with Gasteiger partial charge in [-0.25, -0.2) is 8.42 Å². The van der Waals surface area contributed by atoms with Gasteiger partial charge in [0.05, 0.1) is 11.5 Å². The van der Waals surface area contributed by atoms with E-state index in [0.717, 1.165) is 30.2 Å². The fourth-order valence-corrected chi connectivity index (χ4v) is 6.15. The first-order valence-electron chi connectivity index (χ1n) is 9.63. The Morgan fingerprint density at radius 1 is 1.27 bits per heavy atom. The van der Waals surface area contributed by atoms with Crippen molar-refractivity contribution >= 4 is 26.6 Å². The Morgan fingerprint density at radius 2 is 2.08 bits per heavy atom. The lowest BCUT2D eigenvalue weighted by atomic mass is 9.95. The normalized spacial score (nSPS) is 21.7. The number of rotatable bonds is 4. The van der Waals surface area contributed by atoms with Crippen LogP contribution in [-0.2, 0) is 22.7 Å². The zero-order valence-electron chi connectivity index (χ0n) is 15.3. The van der Waals surface area contributed by atoms with Crippen molar-refractivity contribution in [1.82, 2.24) is 9.88 Å². The molecule has 0 saturated carbocycles. The average molecular weight is 375 g/mol. The highest BCUT2D eigenvalue weighted by Crippen LogP contribution is 2.30. The Kier molecular flexibility index (Phi) is 4.55. The van der Waals surface area contributed by atoms with Crippen molar-refractivity contribution in [1.29, 1.82) is 0 Å². The summed E-state index contributed by atoms with van der Waals surface area (Å²) in [7, 11) is -3.01. The molecule has 4 rings (SSSR count). The van der Waals surface area contributed by atoms with Crippen molar-refractivity contribution in [3.05, 3.63) is 35.0 Å². The number of aromatic amines is 1. The van der Waals surface area contributed by atoms with Gasteiger partial charge < -0.3 is 9.88 Å². The molecule has 1 unspecified atom stereocenters. The third kappa shape index (κ3) is 3.15. The monoisotopic (exact) mass is 374 g/mol. The van der Waals surface area contributed by atoms with Gasteiger partial charge in [0.25, 0.3) is 5.91 Å². The molecule has 2 aliphatic rings. The Balaban J connectivity index is 1.67. The van der Waals surface area contributed by atoms with E-state index in [2.05, 4.69) is 4.98 Å². The SMILES string of the molecule is CCCN(C(=O)c1ccc2[nH]c3c(c2c1)CCCC3)C1CCS(=O)(=O)C1. The molecule has 5 nitrogen and oxygen atoms in total. The summed E-state index contributed by atoms with van der Waals surface area (Å²) in [4.78, 5) is 18.5. The quantitative estimate of drug-likeness (QED) is 0.894. The van der Waals surface area contributed by atoms with Gasteiger partial charge in [-0.3, -0.25) is 4.79 Å². The second kappa shape index (κ2) is 6.72. The number of aromatic nitrogens is 1. The molecular weight excluding hydrogens is 348 g/mol. The van der Waals surface area contributed by atoms with E-state index in [9.17, 15) is 13.2 Å². The van der Waals surface area contributed by atoms with E-state index < -0.39 is 9.84 Å². The van der Waals surface area contributed by atoms with E-state index in [1.807, 2.05) is 25.1 Å². The van der Waals surface area contributed by atoms with Crippen LogP contribution in [0.2, 0.25) is 0 Å². The maximum atomic E-state index is 13.2. The number of nitrogens with zero attached hydrogens (tertiary/aromatic N) is 1. The van der Waals surface area contributed by atoms with Crippen LogP contribution in [-0.4, -0.2) is 48.3 Å². The van der Waals surface area contributed by atoms with Gasteiger partial charge in [0.1, 0.15) is 0 Å². The standard InChI is InChI=1S/C20H26N2O3S/c1-2-10-22(15-9-11-26(24,25)13-15)20(23)14-7-8-19-17(12-14)16-5-3-4-6-18(16)21-19/h7-8,12,15,21H,2-6,9-11,13H2,1H3. The molecule has 1 amide bonds. The minimum absolute atomic E-state index is 0.0402. The summed E-state index contributed by atoms with van der Waals surface area (Å²) in [6.07, 6.45) is 5.92. The highest BCUT2D eigenvalue weighted by Gasteiger charge is 2.34. The molecule has 2 aromatic rings. The predicted octanol–water partition coefficient (Wildman–Crippen LogP) is 3.09. The minimum atomic E-state index is -3.01. The van der Waals surface area contributed by atoms with E-state index >= 15 is 0 Å². The Labute approximate surface area is 154 Å². The molecule has 1 aromatic heterocycles. The first kappa shape index (κ1) is 17.6. The average Bonchev–Trinajstić information content (AvgIpc) is 3.18. The van der Waals surface area contributed by atoms with Crippen LogP contribution in [0.15, 0.2) is 18.2 Å². The molecule has 140 valence electrons. The molecule has 1 saturated heterocycles. The number of aryl methyl sites for hydroxylation is 2. The van der Waals surface area contributed by atoms with Gasteiger partial charge in [-0.15, -0.1) is 0 Å². The van der Waals surface area contributed by atoms with Crippen LogP contribution in [0.5, 0.6) is 0 Å². The van der Waals surface area contributed by atoms with E-state index in [0.29, 0.717) is 18.5 Å². The van der Waals surface area contributed by atoms with E-state index in [4.69, 9.17) is 0 Å². The van der Waals surface area contributed by atoms with E-state index in [1.165, 1.54) is 24.1 Å². The van der Waals surface area contributed by atoms with Crippen molar-refractivity contribution in [3.8, 4) is 0 Å². The lowest BCUT2D eigenvalue weighted by molar-refractivity contribution is 0.0697. The summed E-state index contributed by atoms with van der Waals surface area (Å²) >= 11 is 0. The Morgan fingerprint density at radius 3 is 2.81 bits per heavy atom. The Hall–Kier alpha value is -1.82. The number of benzene rings is 1. The molecule has 1 atom stereocenters. The topological polar surface area (TPSA) is 70.2 Å². The number of H-pyrrole nitrogens is 1. The molecule has 26 heavy (non-hydrogen) atoms. The van der Waals surface area contributed by atoms with Crippen LogP contribution in [0.4, 0.5) is 0 Å². The molecule has 1 aromatic carbocycles. The number of carbonyl (C=O) groups is 1. The molecule has 0 bridgehead atoms. The van der Waals surface area contributed by atoms with Crippen LogP contribution in [0.3, 0.4) is 0 Å². The van der Waals surface area contributed by atoms with Crippen molar-refractivity contribution in [3.63, 3.8) is 0 Å². The van der Waals surface area contributed by atoms with Gasteiger partial charge in [-0.1, -0.05) is 6.92 Å². The summed E-state index contributed by atoms with van der Waals surface area (Å²) in [6, 6.07) is 5.68. The number of hydrogen-bond donors (Lipinski definition) is 1. The van der Waals surface area contributed by atoms with Crippen LogP contribution < -0.4 is 0 Å². The van der Waals surface area contributed by atoms with Crippen molar-refractivity contribution in [2.75, 3.05) is 18.1 Å². The lowest BCUT2D eigenvalue weighted by Gasteiger charge is -2.28.